The normalized spacial score (nSPS) is 13.7. The molecule has 0 fully saturated rings. The van der Waals surface area contributed by atoms with E-state index in [9.17, 15) is 9.90 Å². The van der Waals surface area contributed by atoms with Gasteiger partial charge in [0.15, 0.2) is 5.16 Å². The number of β-amino-alcohol motifs (C(OH)–C–C–N with tert-alkyl or cyclic N) is 1. The molecule has 1 rings (SSSR count). The van der Waals surface area contributed by atoms with E-state index < -0.39 is 6.10 Å². The van der Waals surface area contributed by atoms with E-state index in [1.165, 1.54) is 11.8 Å². The van der Waals surface area contributed by atoms with E-state index in [0.717, 1.165) is 6.42 Å². The highest BCUT2D eigenvalue weighted by Gasteiger charge is 2.14. The summed E-state index contributed by atoms with van der Waals surface area (Å²) >= 11 is 1.40. The van der Waals surface area contributed by atoms with Crippen LogP contribution in [-0.4, -0.2) is 43.8 Å². The van der Waals surface area contributed by atoms with Gasteiger partial charge in [-0.15, -0.1) is 5.10 Å². The van der Waals surface area contributed by atoms with Gasteiger partial charge >= 0.3 is 5.69 Å². The molecule has 19 heavy (non-hydrogen) atoms. The maximum absolute atomic E-state index is 11.5. The third kappa shape index (κ3) is 5.80. The van der Waals surface area contributed by atoms with Crippen molar-refractivity contribution in [2.75, 3.05) is 12.3 Å². The van der Waals surface area contributed by atoms with Gasteiger partial charge < -0.3 is 10.4 Å². The van der Waals surface area contributed by atoms with Gasteiger partial charge in [-0.2, -0.15) is 0 Å². The molecule has 0 aromatic carbocycles. The Bertz CT molecular complexity index is 436. The molecule has 1 atom stereocenters. The van der Waals surface area contributed by atoms with Gasteiger partial charge in [-0.25, -0.2) is 9.89 Å². The van der Waals surface area contributed by atoms with Gasteiger partial charge in [0.25, 0.3) is 0 Å². The molecular weight excluding hydrogens is 264 g/mol. The maximum atomic E-state index is 11.5. The van der Waals surface area contributed by atoms with Crippen molar-refractivity contribution in [1.29, 1.82) is 0 Å². The van der Waals surface area contributed by atoms with Crippen LogP contribution in [0.25, 0.3) is 0 Å². The Hall–Kier alpha value is -0.790. The lowest BCUT2D eigenvalue weighted by Gasteiger charge is -2.22. The zero-order valence-corrected chi connectivity index (χ0v) is 12.9. The lowest BCUT2D eigenvalue weighted by atomic mass is 10.1. The summed E-state index contributed by atoms with van der Waals surface area (Å²) in [6.45, 7) is 9.35. The summed E-state index contributed by atoms with van der Waals surface area (Å²) in [6.07, 6.45) is 0.410. The highest BCUT2D eigenvalue weighted by atomic mass is 32.2. The minimum atomic E-state index is -0.467. The largest absolute Gasteiger partial charge is 0.391 e. The Labute approximate surface area is 118 Å². The second kappa shape index (κ2) is 7.12. The molecule has 0 spiro atoms. The summed E-state index contributed by atoms with van der Waals surface area (Å²) < 4.78 is 1.61. The Balaban J connectivity index is 2.46. The van der Waals surface area contributed by atoms with Crippen LogP contribution in [-0.2, 0) is 6.54 Å². The predicted molar refractivity (Wildman–Crippen MR) is 77.6 cm³/mol. The molecule has 1 unspecified atom stereocenters. The smallest absolute Gasteiger partial charge is 0.343 e. The van der Waals surface area contributed by atoms with E-state index in [1.54, 1.807) is 4.57 Å². The van der Waals surface area contributed by atoms with Crippen LogP contribution in [0.5, 0.6) is 0 Å². The van der Waals surface area contributed by atoms with Crippen LogP contribution >= 0.6 is 11.8 Å². The number of H-pyrrole nitrogens is 1. The van der Waals surface area contributed by atoms with Crippen LogP contribution in [0, 0.1) is 0 Å². The number of hydrogen-bond donors (Lipinski definition) is 3. The predicted octanol–water partition coefficient (Wildman–Crippen LogP) is 0.822. The second-order valence-corrected chi connectivity index (χ2v) is 6.55. The number of thioether (sulfide) groups is 1. The standard InChI is InChI=1S/C12H24N4O2S/c1-5-6-16-10(18)14-15-11(16)19-8-9(17)7-13-12(2,3)4/h9,13,17H,5-8H2,1-4H3,(H,14,18). The molecule has 1 heterocycles. The highest BCUT2D eigenvalue weighted by Crippen LogP contribution is 2.14. The first-order valence-electron chi connectivity index (χ1n) is 6.54. The number of aromatic amines is 1. The molecular formula is C12H24N4O2S. The van der Waals surface area contributed by atoms with Crippen molar-refractivity contribution < 1.29 is 5.11 Å². The molecule has 0 aliphatic carbocycles. The van der Waals surface area contributed by atoms with E-state index in [0.29, 0.717) is 24.0 Å². The van der Waals surface area contributed by atoms with Crippen LogP contribution in [0.1, 0.15) is 34.1 Å². The summed E-state index contributed by atoms with van der Waals surface area (Å²) in [4.78, 5) is 11.5. The number of aliphatic hydroxyl groups is 1. The molecule has 6 nitrogen and oxygen atoms in total. The quantitative estimate of drug-likeness (QED) is 0.647. The van der Waals surface area contributed by atoms with Crippen molar-refractivity contribution in [3.63, 3.8) is 0 Å². The van der Waals surface area contributed by atoms with Crippen molar-refractivity contribution in [2.45, 2.75) is 57.5 Å². The number of nitrogens with one attached hydrogen (secondary N) is 2. The summed E-state index contributed by atoms with van der Waals surface area (Å²) in [5.41, 5.74) is -0.200. The number of rotatable bonds is 7. The summed E-state index contributed by atoms with van der Waals surface area (Å²) in [6, 6.07) is 0. The minimum Gasteiger partial charge on any atom is -0.391 e. The van der Waals surface area contributed by atoms with Crippen molar-refractivity contribution in [2.24, 2.45) is 0 Å². The van der Waals surface area contributed by atoms with Gasteiger partial charge in [0.1, 0.15) is 0 Å². The summed E-state index contributed by atoms with van der Waals surface area (Å²) in [7, 11) is 0. The van der Waals surface area contributed by atoms with Gasteiger partial charge in [-0.1, -0.05) is 18.7 Å². The third-order valence-electron chi connectivity index (χ3n) is 2.44. The molecule has 0 saturated carbocycles. The van der Waals surface area contributed by atoms with Crippen LogP contribution in [0.2, 0.25) is 0 Å². The van der Waals surface area contributed by atoms with E-state index in [4.69, 9.17) is 0 Å². The Kier molecular flexibility index (Phi) is 6.09. The van der Waals surface area contributed by atoms with E-state index in [-0.39, 0.29) is 11.2 Å². The molecule has 0 saturated heterocycles. The molecule has 7 heteroatoms. The van der Waals surface area contributed by atoms with Crippen molar-refractivity contribution in [3.8, 4) is 0 Å². The van der Waals surface area contributed by atoms with Gasteiger partial charge in [-0.05, 0) is 27.2 Å². The fourth-order valence-electron chi connectivity index (χ4n) is 1.49. The monoisotopic (exact) mass is 288 g/mol. The Morgan fingerprint density at radius 1 is 1.53 bits per heavy atom. The average Bonchev–Trinajstić information content (AvgIpc) is 2.65. The number of nitrogens with zero attached hydrogens (tertiary/aromatic N) is 2. The molecule has 1 aromatic rings. The van der Waals surface area contributed by atoms with Gasteiger partial charge in [0.2, 0.25) is 0 Å². The van der Waals surface area contributed by atoms with Gasteiger partial charge in [-0.3, -0.25) is 4.57 Å². The zero-order chi connectivity index (χ0) is 14.5. The molecule has 0 radical (unpaired) electrons. The number of aromatic nitrogens is 3. The van der Waals surface area contributed by atoms with E-state index in [2.05, 4.69) is 36.3 Å². The van der Waals surface area contributed by atoms with Crippen molar-refractivity contribution in [3.05, 3.63) is 10.5 Å². The van der Waals surface area contributed by atoms with Crippen LogP contribution in [0.4, 0.5) is 0 Å². The Morgan fingerprint density at radius 2 is 2.21 bits per heavy atom. The summed E-state index contributed by atoms with van der Waals surface area (Å²) in [5.74, 6) is 0.511. The summed E-state index contributed by atoms with van der Waals surface area (Å²) in [5, 5.41) is 20.2. The molecule has 110 valence electrons. The fourth-order valence-corrected chi connectivity index (χ4v) is 2.39. The SMILES string of the molecule is CCCn1c(SCC(O)CNC(C)(C)C)n[nH]c1=O. The zero-order valence-electron chi connectivity index (χ0n) is 12.1. The molecule has 0 bridgehead atoms. The molecule has 0 amide bonds. The first kappa shape index (κ1) is 16.3. The second-order valence-electron chi connectivity index (χ2n) is 5.56. The fraction of sp³-hybridized carbons (Fsp3) is 0.833. The van der Waals surface area contributed by atoms with Crippen LogP contribution in [0.15, 0.2) is 9.95 Å². The topological polar surface area (TPSA) is 82.9 Å². The van der Waals surface area contributed by atoms with Crippen molar-refractivity contribution >= 4 is 11.8 Å². The van der Waals surface area contributed by atoms with Crippen LogP contribution < -0.4 is 11.0 Å². The first-order chi connectivity index (χ1) is 8.83. The van der Waals surface area contributed by atoms with Crippen molar-refractivity contribution in [1.82, 2.24) is 20.1 Å². The molecule has 3 N–H and O–H groups in total. The van der Waals surface area contributed by atoms with Gasteiger partial charge in [0.05, 0.1) is 6.10 Å². The van der Waals surface area contributed by atoms with Crippen LogP contribution in [0.3, 0.4) is 0 Å². The maximum Gasteiger partial charge on any atom is 0.343 e. The first-order valence-corrected chi connectivity index (χ1v) is 7.53. The minimum absolute atomic E-state index is 0.0116. The number of hydrogen-bond acceptors (Lipinski definition) is 5. The van der Waals surface area contributed by atoms with E-state index in [1.807, 2.05) is 6.92 Å². The highest BCUT2D eigenvalue weighted by molar-refractivity contribution is 7.99. The average molecular weight is 288 g/mol. The molecule has 1 aromatic heterocycles. The number of aliphatic hydroxyl groups excluding tert-OH is 1. The molecule has 0 aliphatic rings. The molecule has 0 aliphatic heterocycles. The van der Waals surface area contributed by atoms with E-state index >= 15 is 0 Å². The van der Waals surface area contributed by atoms with Gasteiger partial charge in [0, 0.05) is 24.4 Å². The Morgan fingerprint density at radius 3 is 2.79 bits per heavy atom. The lowest BCUT2D eigenvalue weighted by Crippen LogP contribution is -2.41. The third-order valence-corrected chi connectivity index (χ3v) is 3.56. The lowest BCUT2D eigenvalue weighted by molar-refractivity contribution is 0.183.